The Labute approximate surface area is 126 Å². The third-order valence-corrected chi connectivity index (χ3v) is 3.46. The molecule has 0 aliphatic rings. The molecule has 0 aromatic heterocycles. The van der Waals surface area contributed by atoms with Gasteiger partial charge in [0.15, 0.2) is 0 Å². The molecular weight excluding hydrogens is 268 g/mol. The molecule has 0 saturated carbocycles. The molecule has 0 heterocycles. The lowest BCUT2D eigenvalue weighted by Gasteiger charge is -2.17. The van der Waals surface area contributed by atoms with Crippen molar-refractivity contribution in [2.45, 2.75) is 13.5 Å². The van der Waals surface area contributed by atoms with Crippen LogP contribution in [0.1, 0.15) is 11.1 Å². The van der Waals surface area contributed by atoms with Crippen LogP contribution in [0.2, 0.25) is 5.02 Å². The van der Waals surface area contributed by atoms with Crippen molar-refractivity contribution in [3.8, 4) is 0 Å². The van der Waals surface area contributed by atoms with Crippen molar-refractivity contribution in [3.63, 3.8) is 0 Å². The molecule has 0 aliphatic carbocycles. The number of hydrogen-bond acceptors (Lipinski definition) is 2. The lowest BCUT2D eigenvalue weighted by atomic mass is 10.2. The van der Waals surface area contributed by atoms with Crippen molar-refractivity contribution in [1.82, 2.24) is 4.90 Å². The first-order valence-corrected chi connectivity index (χ1v) is 7.25. The molecule has 2 nitrogen and oxygen atoms in total. The fraction of sp³-hybridized carbons (Fsp3) is 0.294. The molecular formula is C17H21ClN2. The quantitative estimate of drug-likeness (QED) is 0.857. The molecule has 1 N–H and O–H groups in total. The first-order chi connectivity index (χ1) is 9.63. The number of nitrogens with one attached hydrogen (secondary N) is 1. The molecule has 0 fully saturated rings. The first kappa shape index (κ1) is 14.9. The summed E-state index contributed by atoms with van der Waals surface area (Å²) in [6.45, 7) is 4.98. The van der Waals surface area contributed by atoms with Gasteiger partial charge in [0.05, 0.1) is 0 Å². The minimum atomic E-state index is 0.789. The van der Waals surface area contributed by atoms with Crippen LogP contribution in [0.25, 0.3) is 0 Å². The van der Waals surface area contributed by atoms with Crippen LogP contribution < -0.4 is 5.32 Å². The molecule has 0 unspecified atom stereocenters. The minimum absolute atomic E-state index is 0.789. The number of rotatable bonds is 6. The van der Waals surface area contributed by atoms with Crippen LogP contribution >= 0.6 is 11.6 Å². The summed E-state index contributed by atoms with van der Waals surface area (Å²) in [6.07, 6.45) is 0. The van der Waals surface area contributed by atoms with Crippen LogP contribution in [0.15, 0.2) is 48.5 Å². The number of benzene rings is 2. The van der Waals surface area contributed by atoms with Crippen molar-refractivity contribution in [2.75, 3.05) is 25.5 Å². The topological polar surface area (TPSA) is 15.3 Å². The Balaban J connectivity index is 1.75. The predicted octanol–water partition coefficient (Wildman–Crippen LogP) is 4.19. The van der Waals surface area contributed by atoms with Crippen molar-refractivity contribution in [1.29, 1.82) is 0 Å². The number of likely N-dealkylation sites (N-methyl/N-ethyl adjacent to an activating group) is 1. The smallest absolute Gasteiger partial charge is 0.0406 e. The second kappa shape index (κ2) is 7.32. The lowest BCUT2D eigenvalue weighted by Crippen LogP contribution is -2.24. The monoisotopic (exact) mass is 288 g/mol. The Morgan fingerprint density at radius 1 is 1.10 bits per heavy atom. The highest BCUT2D eigenvalue weighted by Crippen LogP contribution is 2.11. The van der Waals surface area contributed by atoms with E-state index >= 15 is 0 Å². The second-order valence-electron chi connectivity index (χ2n) is 5.16. The van der Waals surface area contributed by atoms with E-state index in [9.17, 15) is 0 Å². The van der Waals surface area contributed by atoms with Crippen LogP contribution in [0, 0.1) is 6.92 Å². The van der Waals surface area contributed by atoms with Crippen LogP contribution in [-0.2, 0) is 6.54 Å². The zero-order valence-corrected chi connectivity index (χ0v) is 12.8. The third kappa shape index (κ3) is 4.87. The molecule has 0 spiro atoms. The minimum Gasteiger partial charge on any atom is -0.384 e. The van der Waals surface area contributed by atoms with E-state index in [0.717, 1.165) is 24.7 Å². The highest BCUT2D eigenvalue weighted by molar-refractivity contribution is 6.30. The Hall–Kier alpha value is -1.51. The Morgan fingerprint density at radius 2 is 1.85 bits per heavy atom. The fourth-order valence-electron chi connectivity index (χ4n) is 2.13. The molecule has 0 aliphatic heterocycles. The summed E-state index contributed by atoms with van der Waals surface area (Å²) in [4.78, 5) is 2.30. The van der Waals surface area contributed by atoms with Crippen LogP contribution in [0.3, 0.4) is 0 Å². The van der Waals surface area contributed by atoms with E-state index in [1.54, 1.807) is 0 Å². The Morgan fingerprint density at radius 3 is 2.55 bits per heavy atom. The summed E-state index contributed by atoms with van der Waals surface area (Å²) in [5.74, 6) is 0. The molecule has 3 heteroatoms. The van der Waals surface area contributed by atoms with Gasteiger partial charge in [-0.1, -0.05) is 35.9 Å². The van der Waals surface area contributed by atoms with Gasteiger partial charge in [-0.25, -0.2) is 0 Å². The molecule has 2 rings (SSSR count). The molecule has 0 amide bonds. The van der Waals surface area contributed by atoms with Gasteiger partial charge in [-0.3, -0.25) is 0 Å². The molecule has 0 radical (unpaired) electrons. The maximum absolute atomic E-state index is 5.89. The van der Waals surface area contributed by atoms with E-state index in [2.05, 4.69) is 60.6 Å². The van der Waals surface area contributed by atoms with E-state index < -0.39 is 0 Å². The number of aryl methyl sites for hydroxylation is 1. The number of hydrogen-bond donors (Lipinski definition) is 1. The predicted molar refractivity (Wildman–Crippen MR) is 87.5 cm³/mol. The van der Waals surface area contributed by atoms with Gasteiger partial charge in [0.25, 0.3) is 0 Å². The molecule has 106 valence electrons. The lowest BCUT2D eigenvalue weighted by molar-refractivity contribution is 0.340. The van der Waals surface area contributed by atoms with E-state index in [0.29, 0.717) is 0 Å². The Kier molecular flexibility index (Phi) is 5.45. The maximum Gasteiger partial charge on any atom is 0.0406 e. The van der Waals surface area contributed by atoms with Crippen molar-refractivity contribution < 1.29 is 0 Å². The average Bonchev–Trinajstić information content (AvgIpc) is 2.41. The number of anilines is 1. The van der Waals surface area contributed by atoms with Crippen molar-refractivity contribution in [2.24, 2.45) is 0 Å². The van der Waals surface area contributed by atoms with Gasteiger partial charge in [-0.05, 0) is 49.4 Å². The standard InChI is InChI=1S/C17H21ClN2/c1-14-4-3-5-17(12-14)19-10-11-20(2)13-15-6-8-16(18)9-7-15/h3-9,12,19H,10-11,13H2,1-2H3. The normalized spacial score (nSPS) is 10.8. The van der Waals surface area contributed by atoms with Crippen LogP contribution in [0.5, 0.6) is 0 Å². The van der Waals surface area contributed by atoms with Gasteiger partial charge in [0, 0.05) is 30.3 Å². The van der Waals surface area contributed by atoms with E-state index in [1.165, 1.54) is 16.8 Å². The molecule has 2 aromatic rings. The van der Waals surface area contributed by atoms with Gasteiger partial charge in [0.2, 0.25) is 0 Å². The second-order valence-corrected chi connectivity index (χ2v) is 5.60. The van der Waals surface area contributed by atoms with Crippen molar-refractivity contribution in [3.05, 3.63) is 64.7 Å². The summed E-state index contributed by atoms with van der Waals surface area (Å²) in [7, 11) is 2.13. The maximum atomic E-state index is 5.89. The zero-order chi connectivity index (χ0) is 14.4. The van der Waals surface area contributed by atoms with Crippen LogP contribution in [-0.4, -0.2) is 25.0 Å². The Bertz CT molecular complexity index is 537. The summed E-state index contributed by atoms with van der Waals surface area (Å²) >= 11 is 5.89. The highest BCUT2D eigenvalue weighted by Gasteiger charge is 2.00. The van der Waals surface area contributed by atoms with Crippen LogP contribution in [0.4, 0.5) is 5.69 Å². The highest BCUT2D eigenvalue weighted by atomic mass is 35.5. The summed E-state index contributed by atoms with van der Waals surface area (Å²) in [5.41, 5.74) is 3.75. The molecule has 20 heavy (non-hydrogen) atoms. The summed E-state index contributed by atoms with van der Waals surface area (Å²) < 4.78 is 0. The zero-order valence-electron chi connectivity index (χ0n) is 12.1. The number of halogens is 1. The average molecular weight is 289 g/mol. The molecule has 0 saturated heterocycles. The molecule has 2 aromatic carbocycles. The SMILES string of the molecule is Cc1cccc(NCCN(C)Cc2ccc(Cl)cc2)c1. The number of nitrogens with zero attached hydrogens (tertiary/aromatic N) is 1. The largest absolute Gasteiger partial charge is 0.384 e. The summed E-state index contributed by atoms with van der Waals surface area (Å²) in [6, 6.07) is 16.5. The fourth-order valence-corrected chi connectivity index (χ4v) is 2.25. The van der Waals surface area contributed by atoms with Gasteiger partial charge >= 0.3 is 0 Å². The first-order valence-electron chi connectivity index (χ1n) is 6.87. The van der Waals surface area contributed by atoms with E-state index in [-0.39, 0.29) is 0 Å². The summed E-state index contributed by atoms with van der Waals surface area (Å²) in [5, 5.41) is 4.24. The van der Waals surface area contributed by atoms with E-state index in [4.69, 9.17) is 11.6 Å². The van der Waals surface area contributed by atoms with E-state index in [1.807, 2.05) is 12.1 Å². The third-order valence-electron chi connectivity index (χ3n) is 3.21. The van der Waals surface area contributed by atoms with Crippen molar-refractivity contribution >= 4 is 17.3 Å². The molecule has 0 atom stereocenters. The van der Waals surface area contributed by atoms with Gasteiger partial charge < -0.3 is 10.2 Å². The van der Waals surface area contributed by atoms with Gasteiger partial charge in [0.1, 0.15) is 0 Å². The molecule has 0 bridgehead atoms. The van der Waals surface area contributed by atoms with Gasteiger partial charge in [-0.15, -0.1) is 0 Å². The van der Waals surface area contributed by atoms with Gasteiger partial charge in [-0.2, -0.15) is 0 Å².